The van der Waals surface area contributed by atoms with Gasteiger partial charge in [-0.25, -0.2) is 13.2 Å². The zero-order valence-electron chi connectivity index (χ0n) is 11.0. The van der Waals surface area contributed by atoms with Crippen molar-refractivity contribution in [3.8, 4) is 0 Å². The van der Waals surface area contributed by atoms with Gasteiger partial charge in [0.05, 0.1) is 5.69 Å². The average Bonchev–Trinajstić information content (AvgIpc) is 2.44. The quantitative estimate of drug-likeness (QED) is 0.824. The van der Waals surface area contributed by atoms with Gasteiger partial charge in [-0.3, -0.25) is 4.72 Å². The average molecular weight is 324 g/mol. The molecule has 5 nitrogen and oxygen atoms in total. The standard InChI is InChI=1S/C12H15F3N2O3S/c13-10-5-9(6-11(14)12(10)15)16-21(19,20)17-3-1-8(7-18)2-4-17/h5-6,8,16,18H,1-4,7H2. The summed E-state index contributed by atoms with van der Waals surface area (Å²) >= 11 is 0. The monoisotopic (exact) mass is 324 g/mol. The Kier molecular flexibility index (Phi) is 4.74. The molecule has 2 N–H and O–H groups in total. The Hall–Kier alpha value is -1.32. The number of halogens is 3. The zero-order valence-corrected chi connectivity index (χ0v) is 11.8. The molecule has 0 spiro atoms. The van der Waals surface area contributed by atoms with E-state index in [4.69, 9.17) is 5.11 Å². The number of rotatable bonds is 4. The van der Waals surface area contributed by atoms with Crippen LogP contribution in [0.4, 0.5) is 18.9 Å². The fraction of sp³-hybridized carbons (Fsp3) is 0.500. The van der Waals surface area contributed by atoms with Gasteiger partial charge in [-0.15, -0.1) is 0 Å². The van der Waals surface area contributed by atoms with Crippen molar-refractivity contribution >= 4 is 15.9 Å². The van der Waals surface area contributed by atoms with Gasteiger partial charge in [-0.05, 0) is 18.8 Å². The van der Waals surface area contributed by atoms with E-state index in [0.29, 0.717) is 25.0 Å². The molecule has 1 aliphatic rings. The second kappa shape index (κ2) is 6.20. The van der Waals surface area contributed by atoms with Gasteiger partial charge >= 0.3 is 10.2 Å². The SMILES string of the molecule is O=S(=O)(Nc1cc(F)c(F)c(F)c1)N1CCC(CO)CC1. The van der Waals surface area contributed by atoms with Gasteiger partial charge in [-0.2, -0.15) is 12.7 Å². The summed E-state index contributed by atoms with van der Waals surface area (Å²) in [4.78, 5) is 0. The maximum Gasteiger partial charge on any atom is 0.301 e. The van der Waals surface area contributed by atoms with Crippen LogP contribution < -0.4 is 4.72 Å². The number of anilines is 1. The Labute approximate surface area is 120 Å². The summed E-state index contributed by atoms with van der Waals surface area (Å²) in [7, 11) is -3.97. The lowest BCUT2D eigenvalue weighted by Gasteiger charge is -2.30. The molecular formula is C12H15F3N2O3S. The van der Waals surface area contributed by atoms with Crippen LogP contribution in [0.5, 0.6) is 0 Å². The first-order chi connectivity index (χ1) is 9.83. The van der Waals surface area contributed by atoms with Crippen LogP contribution >= 0.6 is 0 Å². The highest BCUT2D eigenvalue weighted by atomic mass is 32.2. The molecule has 0 aromatic heterocycles. The Bertz CT molecular complexity index is 593. The Morgan fingerprint density at radius 1 is 1.19 bits per heavy atom. The molecule has 118 valence electrons. The number of aliphatic hydroxyl groups is 1. The molecule has 1 saturated heterocycles. The second-order valence-corrected chi connectivity index (χ2v) is 6.56. The van der Waals surface area contributed by atoms with Crippen molar-refractivity contribution in [3.63, 3.8) is 0 Å². The molecule has 1 fully saturated rings. The van der Waals surface area contributed by atoms with Crippen molar-refractivity contribution in [1.29, 1.82) is 0 Å². The predicted molar refractivity (Wildman–Crippen MR) is 70.2 cm³/mol. The van der Waals surface area contributed by atoms with E-state index in [2.05, 4.69) is 0 Å². The maximum atomic E-state index is 13.1. The van der Waals surface area contributed by atoms with Crippen LogP contribution in [-0.4, -0.2) is 37.5 Å². The number of benzene rings is 1. The molecule has 1 aromatic carbocycles. The zero-order chi connectivity index (χ0) is 15.6. The van der Waals surface area contributed by atoms with E-state index in [-0.39, 0.29) is 31.3 Å². The van der Waals surface area contributed by atoms with Crippen molar-refractivity contribution in [2.24, 2.45) is 5.92 Å². The van der Waals surface area contributed by atoms with Crippen LogP contribution in [-0.2, 0) is 10.2 Å². The van der Waals surface area contributed by atoms with Crippen LogP contribution in [0.3, 0.4) is 0 Å². The van der Waals surface area contributed by atoms with Crippen LogP contribution in [0.25, 0.3) is 0 Å². The maximum absolute atomic E-state index is 13.1. The van der Waals surface area contributed by atoms with Crippen molar-refractivity contribution in [3.05, 3.63) is 29.6 Å². The van der Waals surface area contributed by atoms with Gasteiger partial charge in [0.2, 0.25) is 0 Å². The second-order valence-electron chi connectivity index (χ2n) is 4.89. The molecule has 0 atom stereocenters. The van der Waals surface area contributed by atoms with Crippen LogP contribution in [0.15, 0.2) is 12.1 Å². The lowest BCUT2D eigenvalue weighted by atomic mass is 10.00. The highest BCUT2D eigenvalue weighted by molar-refractivity contribution is 7.90. The van der Waals surface area contributed by atoms with Crippen LogP contribution in [0, 0.1) is 23.4 Å². The van der Waals surface area contributed by atoms with E-state index in [0.717, 1.165) is 4.31 Å². The Morgan fingerprint density at radius 3 is 2.19 bits per heavy atom. The molecule has 0 amide bonds. The smallest absolute Gasteiger partial charge is 0.301 e. The predicted octanol–water partition coefficient (Wildman–Crippen LogP) is 1.46. The third kappa shape index (κ3) is 3.66. The molecule has 2 rings (SSSR count). The van der Waals surface area contributed by atoms with Gasteiger partial charge in [0, 0.05) is 31.8 Å². The van der Waals surface area contributed by atoms with E-state index in [1.807, 2.05) is 4.72 Å². The lowest BCUT2D eigenvalue weighted by Crippen LogP contribution is -2.42. The lowest BCUT2D eigenvalue weighted by molar-refractivity contribution is 0.170. The van der Waals surface area contributed by atoms with Gasteiger partial charge < -0.3 is 5.11 Å². The van der Waals surface area contributed by atoms with E-state index in [9.17, 15) is 21.6 Å². The number of nitrogens with zero attached hydrogens (tertiary/aromatic N) is 1. The minimum absolute atomic E-state index is 0.00427. The fourth-order valence-corrected chi connectivity index (χ4v) is 3.40. The van der Waals surface area contributed by atoms with Gasteiger partial charge in [-0.1, -0.05) is 0 Å². The van der Waals surface area contributed by atoms with Crippen molar-refractivity contribution in [1.82, 2.24) is 4.31 Å². The summed E-state index contributed by atoms with van der Waals surface area (Å²) in [6, 6.07) is 1.16. The minimum Gasteiger partial charge on any atom is -0.396 e. The van der Waals surface area contributed by atoms with Crippen molar-refractivity contribution < 1.29 is 26.7 Å². The van der Waals surface area contributed by atoms with Gasteiger partial charge in [0.25, 0.3) is 0 Å². The van der Waals surface area contributed by atoms with Gasteiger partial charge in [0.1, 0.15) is 0 Å². The van der Waals surface area contributed by atoms with Crippen LogP contribution in [0.1, 0.15) is 12.8 Å². The highest BCUT2D eigenvalue weighted by Crippen LogP contribution is 2.22. The van der Waals surface area contributed by atoms with E-state index >= 15 is 0 Å². The normalized spacial score (nSPS) is 17.9. The molecule has 0 radical (unpaired) electrons. The summed E-state index contributed by atoms with van der Waals surface area (Å²) < 4.78 is 66.2. The number of piperidine rings is 1. The first-order valence-corrected chi connectivity index (χ1v) is 7.81. The number of aliphatic hydroxyl groups excluding tert-OH is 1. The van der Waals surface area contributed by atoms with E-state index in [1.165, 1.54) is 0 Å². The molecule has 9 heteroatoms. The van der Waals surface area contributed by atoms with E-state index < -0.39 is 27.7 Å². The molecule has 21 heavy (non-hydrogen) atoms. The fourth-order valence-electron chi connectivity index (χ4n) is 2.16. The first-order valence-electron chi connectivity index (χ1n) is 6.37. The van der Waals surface area contributed by atoms with Gasteiger partial charge in [0.15, 0.2) is 17.5 Å². The summed E-state index contributed by atoms with van der Waals surface area (Å²) in [5, 5.41) is 9.00. The molecule has 1 aliphatic heterocycles. The van der Waals surface area contributed by atoms with Crippen LogP contribution in [0.2, 0.25) is 0 Å². The van der Waals surface area contributed by atoms with E-state index in [1.54, 1.807) is 0 Å². The molecule has 1 heterocycles. The largest absolute Gasteiger partial charge is 0.396 e. The minimum atomic E-state index is -3.97. The first kappa shape index (κ1) is 16.1. The molecule has 0 unspecified atom stereocenters. The number of hydrogen-bond donors (Lipinski definition) is 2. The molecule has 0 aliphatic carbocycles. The Morgan fingerprint density at radius 2 is 1.71 bits per heavy atom. The third-order valence-corrected chi connectivity index (χ3v) is 4.94. The molecule has 0 saturated carbocycles. The highest BCUT2D eigenvalue weighted by Gasteiger charge is 2.28. The molecular weight excluding hydrogens is 309 g/mol. The Balaban J connectivity index is 2.11. The third-order valence-electron chi connectivity index (χ3n) is 3.40. The number of nitrogens with one attached hydrogen (secondary N) is 1. The van der Waals surface area contributed by atoms with Crippen molar-refractivity contribution in [2.75, 3.05) is 24.4 Å². The van der Waals surface area contributed by atoms with Crippen molar-refractivity contribution in [2.45, 2.75) is 12.8 Å². The summed E-state index contributed by atoms with van der Waals surface area (Å²) in [6.07, 6.45) is 1.01. The summed E-state index contributed by atoms with van der Waals surface area (Å²) in [5.41, 5.74) is -0.379. The number of hydrogen-bond acceptors (Lipinski definition) is 3. The molecule has 0 bridgehead atoms. The topological polar surface area (TPSA) is 69.6 Å². The molecule has 1 aromatic rings. The summed E-state index contributed by atoms with van der Waals surface area (Å²) in [6.45, 7) is 0.398. The summed E-state index contributed by atoms with van der Waals surface area (Å²) in [5.74, 6) is -4.53.